The molecule has 0 aromatic carbocycles. The van der Waals surface area contributed by atoms with Gasteiger partial charge in [0.25, 0.3) is 0 Å². The van der Waals surface area contributed by atoms with Gasteiger partial charge in [-0.25, -0.2) is 0 Å². The lowest BCUT2D eigenvalue weighted by Crippen LogP contribution is -2.36. The Kier molecular flexibility index (Phi) is 4.91. The van der Waals surface area contributed by atoms with Crippen molar-refractivity contribution in [3.05, 3.63) is 0 Å². The first-order valence-corrected chi connectivity index (χ1v) is 8.03. The molecule has 0 radical (unpaired) electrons. The molecule has 1 saturated heterocycles. The standard InChI is InChI=1S/C16H28N2O3/c1-16(2,3)15(21)17-8-4-5-14(20)18-9-11-6-7-13(19)12(11)10-18/h11-13,19H,4-10H2,1-3H3,(H,17,21). The Labute approximate surface area is 127 Å². The number of carbonyl (C=O) groups excluding carboxylic acids is 2. The Morgan fingerprint density at radius 3 is 2.57 bits per heavy atom. The molecular formula is C16H28N2O3. The van der Waals surface area contributed by atoms with Gasteiger partial charge in [0.2, 0.25) is 11.8 Å². The third kappa shape index (κ3) is 3.96. The van der Waals surface area contributed by atoms with Gasteiger partial charge >= 0.3 is 0 Å². The third-order valence-electron chi connectivity index (χ3n) is 4.71. The molecular weight excluding hydrogens is 268 g/mol. The van der Waals surface area contributed by atoms with E-state index in [-0.39, 0.29) is 29.3 Å². The average molecular weight is 296 g/mol. The van der Waals surface area contributed by atoms with Crippen molar-refractivity contribution >= 4 is 11.8 Å². The van der Waals surface area contributed by atoms with E-state index in [1.54, 1.807) is 0 Å². The van der Waals surface area contributed by atoms with Crippen LogP contribution in [0.2, 0.25) is 0 Å². The average Bonchev–Trinajstić information content (AvgIpc) is 2.96. The summed E-state index contributed by atoms with van der Waals surface area (Å²) >= 11 is 0. The lowest BCUT2D eigenvalue weighted by molar-refractivity contribution is -0.131. The van der Waals surface area contributed by atoms with Crippen LogP contribution in [0.25, 0.3) is 0 Å². The summed E-state index contributed by atoms with van der Waals surface area (Å²) < 4.78 is 0. The first kappa shape index (κ1) is 16.3. The minimum Gasteiger partial charge on any atom is -0.393 e. The Hall–Kier alpha value is -1.10. The van der Waals surface area contributed by atoms with Crippen LogP contribution in [0, 0.1) is 17.3 Å². The van der Waals surface area contributed by atoms with Gasteiger partial charge in [0.1, 0.15) is 0 Å². The summed E-state index contributed by atoms with van der Waals surface area (Å²) in [5.74, 6) is 0.953. The molecule has 2 rings (SSSR count). The number of aliphatic hydroxyl groups is 1. The number of likely N-dealkylation sites (tertiary alicyclic amines) is 1. The molecule has 2 aliphatic rings. The van der Waals surface area contributed by atoms with Crippen LogP contribution in [0.1, 0.15) is 46.5 Å². The van der Waals surface area contributed by atoms with E-state index in [4.69, 9.17) is 0 Å². The molecule has 0 spiro atoms. The van der Waals surface area contributed by atoms with Crippen molar-refractivity contribution < 1.29 is 14.7 Å². The maximum atomic E-state index is 12.2. The second kappa shape index (κ2) is 6.34. The minimum absolute atomic E-state index is 0.0220. The van der Waals surface area contributed by atoms with Gasteiger partial charge in [-0.2, -0.15) is 0 Å². The Balaban J connectivity index is 1.66. The van der Waals surface area contributed by atoms with Crippen LogP contribution in [-0.2, 0) is 9.59 Å². The highest BCUT2D eigenvalue weighted by Crippen LogP contribution is 2.38. The van der Waals surface area contributed by atoms with Gasteiger partial charge in [-0.3, -0.25) is 9.59 Å². The topological polar surface area (TPSA) is 69.6 Å². The van der Waals surface area contributed by atoms with Crippen molar-refractivity contribution in [2.24, 2.45) is 17.3 Å². The molecule has 21 heavy (non-hydrogen) atoms. The Morgan fingerprint density at radius 1 is 1.24 bits per heavy atom. The summed E-state index contributed by atoms with van der Waals surface area (Å²) in [4.78, 5) is 25.7. The molecule has 2 amide bonds. The highest BCUT2D eigenvalue weighted by molar-refractivity contribution is 5.81. The molecule has 120 valence electrons. The fourth-order valence-corrected chi connectivity index (χ4v) is 3.31. The normalized spacial score (nSPS) is 28.6. The number of rotatable bonds is 4. The zero-order valence-corrected chi connectivity index (χ0v) is 13.4. The van der Waals surface area contributed by atoms with Crippen molar-refractivity contribution in [2.45, 2.75) is 52.6 Å². The predicted molar refractivity (Wildman–Crippen MR) is 80.5 cm³/mol. The van der Waals surface area contributed by atoms with Gasteiger partial charge in [0, 0.05) is 37.4 Å². The van der Waals surface area contributed by atoms with Crippen LogP contribution in [0.5, 0.6) is 0 Å². The van der Waals surface area contributed by atoms with E-state index in [1.807, 2.05) is 25.7 Å². The molecule has 0 aromatic heterocycles. The molecule has 1 aliphatic heterocycles. The largest absolute Gasteiger partial charge is 0.393 e. The second-order valence-electron chi connectivity index (χ2n) is 7.48. The van der Waals surface area contributed by atoms with Crippen molar-refractivity contribution in [3.63, 3.8) is 0 Å². The number of aliphatic hydroxyl groups excluding tert-OH is 1. The maximum Gasteiger partial charge on any atom is 0.225 e. The molecule has 2 N–H and O–H groups in total. The maximum absolute atomic E-state index is 12.2. The summed E-state index contributed by atoms with van der Waals surface area (Å²) in [7, 11) is 0. The summed E-state index contributed by atoms with van der Waals surface area (Å²) in [6, 6.07) is 0. The number of amides is 2. The van der Waals surface area contributed by atoms with Gasteiger partial charge < -0.3 is 15.3 Å². The van der Waals surface area contributed by atoms with Gasteiger partial charge in [0.15, 0.2) is 0 Å². The zero-order valence-electron chi connectivity index (χ0n) is 13.4. The number of nitrogens with zero attached hydrogens (tertiary/aromatic N) is 1. The minimum atomic E-state index is -0.382. The SMILES string of the molecule is CC(C)(C)C(=O)NCCCC(=O)N1CC2CCC(O)C2C1. The molecule has 5 heteroatoms. The van der Waals surface area contributed by atoms with Crippen molar-refractivity contribution in [1.29, 1.82) is 0 Å². The predicted octanol–water partition coefficient (Wildman–Crippen LogP) is 1.16. The molecule has 1 aliphatic carbocycles. The van der Waals surface area contributed by atoms with E-state index in [9.17, 15) is 14.7 Å². The van der Waals surface area contributed by atoms with Gasteiger partial charge in [-0.15, -0.1) is 0 Å². The summed E-state index contributed by atoms with van der Waals surface area (Å²) in [6.07, 6.45) is 2.85. The molecule has 0 bridgehead atoms. The quantitative estimate of drug-likeness (QED) is 0.765. The number of carbonyl (C=O) groups is 2. The highest BCUT2D eigenvalue weighted by Gasteiger charge is 2.42. The molecule has 3 atom stereocenters. The second-order valence-corrected chi connectivity index (χ2v) is 7.48. The highest BCUT2D eigenvalue weighted by atomic mass is 16.3. The Morgan fingerprint density at radius 2 is 1.95 bits per heavy atom. The van der Waals surface area contributed by atoms with Crippen molar-refractivity contribution in [3.8, 4) is 0 Å². The van der Waals surface area contributed by atoms with Crippen LogP contribution < -0.4 is 5.32 Å². The lowest BCUT2D eigenvalue weighted by Gasteiger charge is -2.19. The van der Waals surface area contributed by atoms with Crippen molar-refractivity contribution in [2.75, 3.05) is 19.6 Å². The number of hydrogen-bond donors (Lipinski definition) is 2. The molecule has 2 fully saturated rings. The first-order chi connectivity index (χ1) is 9.79. The Bertz CT molecular complexity index is 403. The number of hydrogen-bond acceptors (Lipinski definition) is 3. The van der Waals surface area contributed by atoms with Gasteiger partial charge in [0.05, 0.1) is 6.10 Å². The summed E-state index contributed by atoms with van der Waals surface area (Å²) in [5.41, 5.74) is -0.382. The van der Waals surface area contributed by atoms with E-state index in [0.717, 1.165) is 19.4 Å². The van der Waals surface area contributed by atoms with E-state index < -0.39 is 0 Å². The lowest BCUT2D eigenvalue weighted by atomic mass is 9.96. The summed E-state index contributed by atoms with van der Waals surface area (Å²) in [5, 5.41) is 12.7. The van der Waals surface area contributed by atoms with Gasteiger partial charge in [-0.05, 0) is 25.2 Å². The third-order valence-corrected chi connectivity index (χ3v) is 4.71. The molecule has 1 saturated carbocycles. The fourth-order valence-electron chi connectivity index (χ4n) is 3.31. The van der Waals surface area contributed by atoms with E-state index >= 15 is 0 Å². The number of nitrogens with one attached hydrogen (secondary N) is 1. The van der Waals surface area contributed by atoms with Crippen LogP contribution in [0.4, 0.5) is 0 Å². The van der Waals surface area contributed by atoms with Crippen molar-refractivity contribution in [1.82, 2.24) is 10.2 Å². The van der Waals surface area contributed by atoms with Crippen LogP contribution in [0.15, 0.2) is 0 Å². The van der Waals surface area contributed by atoms with Crippen LogP contribution in [-0.4, -0.2) is 47.6 Å². The molecule has 5 nitrogen and oxygen atoms in total. The molecule has 0 aromatic rings. The van der Waals surface area contributed by atoms with E-state index in [0.29, 0.717) is 31.8 Å². The number of fused-ring (bicyclic) bond motifs is 1. The van der Waals surface area contributed by atoms with Crippen LogP contribution in [0.3, 0.4) is 0 Å². The first-order valence-electron chi connectivity index (χ1n) is 8.03. The van der Waals surface area contributed by atoms with Crippen LogP contribution >= 0.6 is 0 Å². The smallest absolute Gasteiger partial charge is 0.225 e. The van der Waals surface area contributed by atoms with E-state index in [2.05, 4.69) is 5.32 Å². The monoisotopic (exact) mass is 296 g/mol. The zero-order chi connectivity index (χ0) is 15.6. The molecule has 3 unspecified atom stereocenters. The molecule has 1 heterocycles. The fraction of sp³-hybridized carbons (Fsp3) is 0.875. The van der Waals surface area contributed by atoms with Gasteiger partial charge in [-0.1, -0.05) is 20.8 Å². The summed E-state index contributed by atoms with van der Waals surface area (Å²) in [6.45, 7) is 7.68. The van der Waals surface area contributed by atoms with E-state index in [1.165, 1.54) is 0 Å².